The maximum Gasteiger partial charge on any atom is 0.139 e. The lowest BCUT2D eigenvalue weighted by Crippen LogP contribution is -2.02. The molecule has 0 fully saturated rings. The van der Waals surface area contributed by atoms with E-state index < -0.39 is 0 Å². The molecular weight excluding hydrogens is 227 g/mol. The van der Waals surface area contributed by atoms with E-state index in [0.29, 0.717) is 10.1 Å². The van der Waals surface area contributed by atoms with Gasteiger partial charge in [0.05, 0.1) is 0 Å². The number of aryl methyl sites for hydroxylation is 1. The summed E-state index contributed by atoms with van der Waals surface area (Å²) in [6.45, 7) is 5.88. The van der Waals surface area contributed by atoms with Crippen molar-refractivity contribution < 1.29 is 4.39 Å². The maximum absolute atomic E-state index is 13.6. The van der Waals surface area contributed by atoms with Crippen molar-refractivity contribution in [3.63, 3.8) is 0 Å². The fourth-order valence-corrected chi connectivity index (χ4v) is 2.20. The van der Waals surface area contributed by atoms with Crippen LogP contribution < -0.4 is 0 Å². The topological polar surface area (TPSA) is 0 Å². The lowest BCUT2D eigenvalue weighted by atomic mass is 9.97. The van der Waals surface area contributed by atoms with E-state index in [1.165, 1.54) is 0 Å². The zero-order valence-corrected chi connectivity index (χ0v) is 11.1. The van der Waals surface area contributed by atoms with E-state index in [1.54, 1.807) is 6.07 Å². The first-order valence-electron chi connectivity index (χ1n) is 5.09. The van der Waals surface area contributed by atoms with Crippen LogP contribution in [-0.4, -0.2) is 5.25 Å². The second-order valence-corrected chi connectivity index (χ2v) is 5.38. The molecule has 0 nitrogen and oxygen atoms in total. The third-order valence-electron chi connectivity index (χ3n) is 2.65. The van der Waals surface area contributed by atoms with E-state index in [4.69, 9.17) is 0 Å². The molecule has 84 valence electrons. The highest BCUT2D eigenvalue weighted by molar-refractivity contribution is 7.80. The molecule has 1 aromatic rings. The second kappa shape index (κ2) is 5.26. The van der Waals surface area contributed by atoms with Gasteiger partial charge in [-0.15, -0.1) is 12.6 Å². The number of hydrogen-bond acceptors (Lipinski definition) is 2. The number of halogens is 1. The van der Waals surface area contributed by atoms with Crippen molar-refractivity contribution >= 4 is 25.3 Å². The Hall–Kier alpha value is -0.150. The average molecular weight is 244 g/mol. The van der Waals surface area contributed by atoms with Crippen molar-refractivity contribution in [1.29, 1.82) is 0 Å². The van der Waals surface area contributed by atoms with Gasteiger partial charge in [0.15, 0.2) is 0 Å². The zero-order chi connectivity index (χ0) is 11.6. The van der Waals surface area contributed by atoms with Gasteiger partial charge in [0.2, 0.25) is 0 Å². The molecule has 0 bridgehead atoms. The third-order valence-corrected chi connectivity index (χ3v) is 3.23. The Bertz CT molecular complexity index is 359. The van der Waals surface area contributed by atoms with Gasteiger partial charge in [-0.05, 0) is 54.7 Å². The van der Waals surface area contributed by atoms with E-state index >= 15 is 0 Å². The first-order valence-corrected chi connectivity index (χ1v) is 6.05. The van der Waals surface area contributed by atoms with Gasteiger partial charge in [-0.2, -0.15) is 12.6 Å². The highest BCUT2D eigenvalue weighted by Gasteiger charge is 2.11. The Labute approximate surface area is 102 Å². The fourth-order valence-electron chi connectivity index (χ4n) is 1.71. The Balaban J connectivity index is 3.02. The number of thiol groups is 2. The SMILES string of the molecule is Cc1cc(S)c(F)c(C)c1CCC(C)S. The van der Waals surface area contributed by atoms with Gasteiger partial charge in [-0.1, -0.05) is 6.92 Å². The summed E-state index contributed by atoms with van der Waals surface area (Å²) >= 11 is 8.44. The first-order chi connectivity index (χ1) is 6.93. The largest absolute Gasteiger partial charge is 0.205 e. The lowest BCUT2D eigenvalue weighted by molar-refractivity contribution is 0.587. The van der Waals surface area contributed by atoms with Crippen LogP contribution in [0.4, 0.5) is 4.39 Å². The van der Waals surface area contributed by atoms with Crippen molar-refractivity contribution in [2.45, 2.75) is 43.8 Å². The Kier molecular flexibility index (Phi) is 4.53. The molecule has 0 aliphatic carbocycles. The smallest absolute Gasteiger partial charge is 0.139 e. The van der Waals surface area contributed by atoms with E-state index in [-0.39, 0.29) is 5.82 Å². The number of hydrogen-bond donors (Lipinski definition) is 2. The highest BCUT2D eigenvalue weighted by Crippen LogP contribution is 2.25. The normalized spacial score (nSPS) is 12.9. The summed E-state index contributed by atoms with van der Waals surface area (Å²) in [6, 6.07) is 1.80. The molecule has 15 heavy (non-hydrogen) atoms. The quantitative estimate of drug-likeness (QED) is 0.738. The summed E-state index contributed by atoms with van der Waals surface area (Å²) in [4.78, 5) is 0.438. The molecule has 0 heterocycles. The summed E-state index contributed by atoms with van der Waals surface area (Å²) in [6.07, 6.45) is 1.85. The molecule has 0 saturated carbocycles. The fraction of sp³-hybridized carbons (Fsp3) is 0.500. The van der Waals surface area contributed by atoms with Crippen molar-refractivity contribution in [1.82, 2.24) is 0 Å². The van der Waals surface area contributed by atoms with Gasteiger partial charge in [0.1, 0.15) is 5.82 Å². The first kappa shape index (κ1) is 12.9. The van der Waals surface area contributed by atoms with E-state index in [9.17, 15) is 4.39 Å². The number of benzene rings is 1. The summed E-state index contributed by atoms with van der Waals surface area (Å²) in [5.41, 5.74) is 2.95. The molecule has 0 aromatic heterocycles. The molecule has 0 spiro atoms. The molecule has 0 amide bonds. The molecule has 1 rings (SSSR count). The molecule has 0 saturated heterocycles. The third kappa shape index (κ3) is 3.15. The van der Waals surface area contributed by atoms with Gasteiger partial charge in [0, 0.05) is 4.90 Å². The van der Waals surface area contributed by atoms with Crippen LogP contribution >= 0.6 is 25.3 Å². The van der Waals surface area contributed by atoms with Crippen molar-refractivity contribution in [2.24, 2.45) is 0 Å². The van der Waals surface area contributed by atoms with Gasteiger partial charge in [0.25, 0.3) is 0 Å². The molecule has 3 heteroatoms. The predicted octanol–water partition coefficient (Wildman–Crippen LogP) is 3.98. The molecule has 1 atom stereocenters. The van der Waals surface area contributed by atoms with Crippen LogP contribution in [0.15, 0.2) is 11.0 Å². The van der Waals surface area contributed by atoms with E-state index in [2.05, 4.69) is 32.2 Å². The van der Waals surface area contributed by atoms with Crippen LogP contribution in [0.3, 0.4) is 0 Å². The molecule has 0 aliphatic heterocycles. The van der Waals surface area contributed by atoms with Crippen LogP contribution in [0.25, 0.3) is 0 Å². The minimum Gasteiger partial charge on any atom is -0.205 e. The molecule has 0 aliphatic rings. The van der Waals surface area contributed by atoms with Crippen molar-refractivity contribution in [3.8, 4) is 0 Å². The number of rotatable bonds is 3. The molecule has 0 N–H and O–H groups in total. The predicted molar refractivity (Wildman–Crippen MR) is 69.9 cm³/mol. The Morgan fingerprint density at radius 1 is 1.40 bits per heavy atom. The Morgan fingerprint density at radius 3 is 2.53 bits per heavy atom. The monoisotopic (exact) mass is 244 g/mol. The molecular formula is C12H17FS2. The minimum atomic E-state index is -0.189. The van der Waals surface area contributed by atoms with Crippen LogP contribution in [0.1, 0.15) is 30.0 Å². The molecule has 1 unspecified atom stereocenters. The zero-order valence-electron chi connectivity index (χ0n) is 9.34. The maximum atomic E-state index is 13.6. The highest BCUT2D eigenvalue weighted by atomic mass is 32.1. The van der Waals surface area contributed by atoms with E-state index in [0.717, 1.165) is 29.5 Å². The molecule has 1 aromatic carbocycles. The standard InChI is InChI=1S/C12H17FS2/c1-7-6-11(15)12(13)9(3)10(7)5-4-8(2)14/h6,8,14-15H,4-5H2,1-3H3. The summed E-state index contributed by atoms with van der Waals surface area (Å²) in [5, 5.41) is 0.350. The summed E-state index contributed by atoms with van der Waals surface area (Å²) in [5.74, 6) is -0.189. The summed E-state index contributed by atoms with van der Waals surface area (Å²) < 4.78 is 13.6. The van der Waals surface area contributed by atoms with Crippen molar-refractivity contribution in [2.75, 3.05) is 0 Å². The van der Waals surface area contributed by atoms with Gasteiger partial charge >= 0.3 is 0 Å². The average Bonchev–Trinajstić information content (AvgIpc) is 2.14. The molecule has 0 radical (unpaired) electrons. The van der Waals surface area contributed by atoms with Gasteiger partial charge in [-0.25, -0.2) is 4.39 Å². The van der Waals surface area contributed by atoms with Crippen molar-refractivity contribution in [3.05, 3.63) is 28.6 Å². The van der Waals surface area contributed by atoms with Crippen LogP contribution in [-0.2, 0) is 6.42 Å². The second-order valence-electron chi connectivity index (χ2n) is 4.02. The summed E-state index contributed by atoms with van der Waals surface area (Å²) in [7, 11) is 0. The minimum absolute atomic E-state index is 0.189. The van der Waals surface area contributed by atoms with Crippen LogP contribution in [0, 0.1) is 19.7 Å². The van der Waals surface area contributed by atoms with Crippen LogP contribution in [0.5, 0.6) is 0 Å². The lowest BCUT2D eigenvalue weighted by Gasteiger charge is -2.13. The van der Waals surface area contributed by atoms with E-state index in [1.807, 2.05) is 13.8 Å². The van der Waals surface area contributed by atoms with Gasteiger partial charge < -0.3 is 0 Å². The van der Waals surface area contributed by atoms with Gasteiger partial charge in [-0.3, -0.25) is 0 Å². The van der Waals surface area contributed by atoms with Crippen LogP contribution in [0.2, 0.25) is 0 Å². The Morgan fingerprint density at radius 2 is 2.00 bits per heavy atom.